The lowest BCUT2D eigenvalue weighted by molar-refractivity contribution is -0.109. The van der Waals surface area contributed by atoms with Crippen LogP contribution in [0.1, 0.15) is 33.1 Å². The van der Waals surface area contributed by atoms with E-state index >= 15 is 0 Å². The summed E-state index contributed by atoms with van der Waals surface area (Å²) < 4.78 is 4.81. The minimum absolute atomic E-state index is 0.414. The molecular formula is C9H17NO3. The lowest BCUT2D eigenvalue weighted by atomic mass is 10.3. The molecule has 0 unspecified atom stereocenters. The lowest BCUT2D eigenvalue weighted by Crippen LogP contribution is -2.35. The Hall–Kier alpha value is -1.06. The van der Waals surface area contributed by atoms with Gasteiger partial charge in [-0.05, 0) is 12.8 Å². The molecule has 0 rings (SSSR count). The number of amides is 1. The zero-order chi connectivity index (χ0) is 10.1. The van der Waals surface area contributed by atoms with E-state index in [1.54, 1.807) is 0 Å². The molecule has 0 radical (unpaired) electrons. The molecule has 13 heavy (non-hydrogen) atoms. The van der Waals surface area contributed by atoms with Crippen LogP contribution in [0.15, 0.2) is 0 Å². The van der Waals surface area contributed by atoms with Crippen LogP contribution in [-0.4, -0.2) is 25.0 Å². The Labute approximate surface area is 78.6 Å². The predicted octanol–water partition coefficient (Wildman–Crippen LogP) is 1.49. The molecule has 0 heterocycles. The van der Waals surface area contributed by atoms with E-state index in [2.05, 4.69) is 5.32 Å². The standard InChI is InChI=1S/C9H17NO3/c1-3-5-6-13-9(12)10-8(4-2)7-11/h7-8H,3-6H2,1-2H3,(H,10,12)/t8-/m0/s1. The van der Waals surface area contributed by atoms with Gasteiger partial charge in [0.25, 0.3) is 0 Å². The van der Waals surface area contributed by atoms with Crippen LogP contribution in [-0.2, 0) is 9.53 Å². The highest BCUT2D eigenvalue weighted by atomic mass is 16.5. The summed E-state index contributed by atoms with van der Waals surface area (Å²) in [6.07, 6.45) is 2.63. The van der Waals surface area contributed by atoms with Gasteiger partial charge in [-0.3, -0.25) is 0 Å². The molecule has 0 aliphatic heterocycles. The Bertz CT molecular complexity index is 159. The Kier molecular flexibility index (Phi) is 6.96. The summed E-state index contributed by atoms with van der Waals surface area (Å²) in [4.78, 5) is 21.3. The van der Waals surface area contributed by atoms with Gasteiger partial charge in [0.15, 0.2) is 0 Å². The molecule has 4 heteroatoms. The lowest BCUT2D eigenvalue weighted by Gasteiger charge is -2.10. The summed E-state index contributed by atoms with van der Waals surface area (Å²) >= 11 is 0. The number of hydrogen-bond donors (Lipinski definition) is 1. The van der Waals surface area contributed by atoms with Crippen LogP contribution in [0.3, 0.4) is 0 Å². The van der Waals surface area contributed by atoms with Crippen LogP contribution < -0.4 is 5.32 Å². The average Bonchev–Trinajstić information content (AvgIpc) is 2.14. The van der Waals surface area contributed by atoms with Crippen molar-refractivity contribution in [2.45, 2.75) is 39.2 Å². The van der Waals surface area contributed by atoms with Crippen molar-refractivity contribution in [2.24, 2.45) is 0 Å². The van der Waals surface area contributed by atoms with Gasteiger partial charge >= 0.3 is 6.09 Å². The van der Waals surface area contributed by atoms with Crippen molar-refractivity contribution < 1.29 is 14.3 Å². The van der Waals surface area contributed by atoms with Gasteiger partial charge in [-0.15, -0.1) is 0 Å². The smallest absolute Gasteiger partial charge is 0.407 e. The fourth-order valence-electron chi connectivity index (χ4n) is 0.735. The summed E-state index contributed by atoms with van der Waals surface area (Å²) in [5.41, 5.74) is 0. The topological polar surface area (TPSA) is 55.4 Å². The number of carbonyl (C=O) groups is 2. The minimum Gasteiger partial charge on any atom is -0.450 e. The Morgan fingerprint density at radius 3 is 2.69 bits per heavy atom. The SMILES string of the molecule is CCCCOC(=O)N[C@H](C=O)CC. The highest BCUT2D eigenvalue weighted by Gasteiger charge is 2.08. The summed E-state index contributed by atoms with van der Waals surface area (Å²) in [6, 6.07) is -0.422. The van der Waals surface area contributed by atoms with E-state index in [1.165, 1.54) is 0 Å². The molecule has 4 nitrogen and oxygen atoms in total. The van der Waals surface area contributed by atoms with Crippen molar-refractivity contribution in [3.05, 3.63) is 0 Å². The van der Waals surface area contributed by atoms with E-state index in [-0.39, 0.29) is 0 Å². The van der Waals surface area contributed by atoms with Crippen molar-refractivity contribution in [1.29, 1.82) is 0 Å². The molecule has 0 aliphatic carbocycles. The summed E-state index contributed by atoms with van der Waals surface area (Å²) in [7, 11) is 0. The van der Waals surface area contributed by atoms with Gasteiger partial charge in [0.1, 0.15) is 6.29 Å². The van der Waals surface area contributed by atoms with E-state index in [0.29, 0.717) is 19.3 Å². The molecule has 1 amide bonds. The van der Waals surface area contributed by atoms with Crippen LogP contribution in [0.25, 0.3) is 0 Å². The molecule has 0 aromatic carbocycles. The number of aldehydes is 1. The van der Waals surface area contributed by atoms with Gasteiger partial charge < -0.3 is 14.8 Å². The van der Waals surface area contributed by atoms with Crippen LogP contribution in [0.4, 0.5) is 4.79 Å². The molecule has 0 bridgehead atoms. The predicted molar refractivity (Wildman–Crippen MR) is 49.5 cm³/mol. The first-order valence-electron chi connectivity index (χ1n) is 4.63. The molecule has 76 valence electrons. The number of alkyl carbamates (subject to hydrolysis) is 1. The molecule has 0 saturated heterocycles. The Balaban J connectivity index is 3.54. The fourth-order valence-corrected chi connectivity index (χ4v) is 0.735. The van der Waals surface area contributed by atoms with Gasteiger partial charge in [0.2, 0.25) is 0 Å². The van der Waals surface area contributed by atoms with Crippen LogP contribution in [0, 0.1) is 0 Å². The summed E-state index contributed by atoms with van der Waals surface area (Å²) in [5, 5.41) is 2.45. The van der Waals surface area contributed by atoms with E-state index in [0.717, 1.165) is 12.8 Å². The molecule has 0 saturated carbocycles. The maximum Gasteiger partial charge on any atom is 0.407 e. The van der Waals surface area contributed by atoms with E-state index in [1.807, 2.05) is 13.8 Å². The zero-order valence-corrected chi connectivity index (χ0v) is 8.21. The molecule has 0 spiro atoms. The first kappa shape index (κ1) is 11.9. The second-order valence-corrected chi connectivity index (χ2v) is 2.78. The third-order valence-corrected chi connectivity index (χ3v) is 1.64. The van der Waals surface area contributed by atoms with Gasteiger partial charge in [0, 0.05) is 0 Å². The van der Waals surface area contributed by atoms with Gasteiger partial charge in [-0.2, -0.15) is 0 Å². The van der Waals surface area contributed by atoms with Crippen molar-refractivity contribution in [3.8, 4) is 0 Å². The summed E-state index contributed by atoms with van der Waals surface area (Å²) in [5.74, 6) is 0. The molecular weight excluding hydrogens is 170 g/mol. The Morgan fingerprint density at radius 1 is 1.54 bits per heavy atom. The number of ether oxygens (including phenoxy) is 1. The minimum atomic E-state index is -0.507. The van der Waals surface area contributed by atoms with Crippen molar-refractivity contribution in [3.63, 3.8) is 0 Å². The normalized spacial score (nSPS) is 11.8. The van der Waals surface area contributed by atoms with E-state index in [4.69, 9.17) is 4.74 Å². The number of rotatable bonds is 6. The van der Waals surface area contributed by atoms with Crippen molar-refractivity contribution in [2.75, 3.05) is 6.61 Å². The number of carbonyl (C=O) groups excluding carboxylic acids is 2. The molecule has 1 atom stereocenters. The first-order chi connectivity index (χ1) is 6.24. The van der Waals surface area contributed by atoms with Crippen molar-refractivity contribution in [1.82, 2.24) is 5.32 Å². The molecule has 0 aliphatic rings. The zero-order valence-electron chi connectivity index (χ0n) is 8.21. The van der Waals surface area contributed by atoms with Crippen molar-refractivity contribution >= 4 is 12.4 Å². The third kappa shape index (κ3) is 6.13. The summed E-state index contributed by atoms with van der Waals surface area (Å²) in [6.45, 7) is 4.25. The molecule has 0 aromatic heterocycles. The first-order valence-corrected chi connectivity index (χ1v) is 4.63. The van der Waals surface area contributed by atoms with Gasteiger partial charge in [-0.25, -0.2) is 4.79 Å². The third-order valence-electron chi connectivity index (χ3n) is 1.64. The highest BCUT2D eigenvalue weighted by Crippen LogP contribution is 1.91. The van der Waals surface area contributed by atoms with Gasteiger partial charge in [0.05, 0.1) is 12.6 Å². The van der Waals surface area contributed by atoms with Gasteiger partial charge in [-0.1, -0.05) is 20.3 Å². The maximum atomic E-state index is 11.0. The number of nitrogens with one attached hydrogen (secondary N) is 1. The monoisotopic (exact) mass is 187 g/mol. The molecule has 0 aromatic rings. The van der Waals surface area contributed by atoms with Crippen LogP contribution >= 0.6 is 0 Å². The Morgan fingerprint density at radius 2 is 2.23 bits per heavy atom. The second-order valence-electron chi connectivity index (χ2n) is 2.78. The number of unbranched alkanes of at least 4 members (excludes halogenated alkanes) is 1. The quantitative estimate of drug-likeness (QED) is 0.506. The fraction of sp³-hybridized carbons (Fsp3) is 0.778. The van der Waals surface area contributed by atoms with E-state index < -0.39 is 12.1 Å². The molecule has 1 N–H and O–H groups in total. The number of hydrogen-bond acceptors (Lipinski definition) is 3. The van der Waals surface area contributed by atoms with Crippen LogP contribution in [0.5, 0.6) is 0 Å². The van der Waals surface area contributed by atoms with E-state index in [9.17, 15) is 9.59 Å². The van der Waals surface area contributed by atoms with Crippen LogP contribution in [0.2, 0.25) is 0 Å². The molecule has 0 fully saturated rings. The largest absolute Gasteiger partial charge is 0.450 e. The average molecular weight is 187 g/mol. The maximum absolute atomic E-state index is 11.0. The second kappa shape index (κ2) is 7.58. The highest BCUT2D eigenvalue weighted by molar-refractivity contribution is 5.72.